The van der Waals surface area contributed by atoms with E-state index in [0.717, 1.165) is 0 Å². The summed E-state index contributed by atoms with van der Waals surface area (Å²) in [5.41, 5.74) is 0.773. The molecule has 0 unspecified atom stereocenters. The number of fused-ring (bicyclic) bond motifs is 1. The molecule has 0 saturated heterocycles. The summed E-state index contributed by atoms with van der Waals surface area (Å²) in [5.74, 6) is 0.0635. The topological polar surface area (TPSA) is 141 Å². The fourth-order valence-electron chi connectivity index (χ4n) is 3.63. The van der Waals surface area contributed by atoms with Crippen molar-refractivity contribution in [3.8, 4) is 16.9 Å². The maximum Gasteiger partial charge on any atom is 0.310 e. The number of rotatable bonds is 7. The van der Waals surface area contributed by atoms with E-state index < -0.39 is 27.2 Å². The second kappa shape index (κ2) is 9.50. The van der Waals surface area contributed by atoms with Gasteiger partial charge in [-0.3, -0.25) is 14.3 Å². The van der Waals surface area contributed by atoms with E-state index in [1.165, 1.54) is 37.6 Å². The molecule has 0 bridgehead atoms. The Hall–Kier alpha value is -4.12. The van der Waals surface area contributed by atoms with Crippen LogP contribution in [0.25, 0.3) is 22.0 Å². The van der Waals surface area contributed by atoms with Gasteiger partial charge in [-0.15, -0.1) is 0 Å². The highest BCUT2D eigenvalue weighted by molar-refractivity contribution is 7.92. The number of anilines is 1. The number of nitrogens with one attached hydrogen (secondary N) is 2. The summed E-state index contributed by atoms with van der Waals surface area (Å²) in [5, 5.41) is 4.04. The molecule has 188 valence electrons. The average Bonchev–Trinajstić information content (AvgIpc) is 3.29. The van der Waals surface area contributed by atoms with Crippen molar-refractivity contribution in [1.82, 2.24) is 10.1 Å². The maximum atomic E-state index is 13.0. The van der Waals surface area contributed by atoms with E-state index in [0.29, 0.717) is 27.8 Å². The van der Waals surface area contributed by atoms with E-state index in [1.54, 1.807) is 45.0 Å². The molecule has 0 saturated carbocycles. The third-order valence-electron chi connectivity index (χ3n) is 5.13. The summed E-state index contributed by atoms with van der Waals surface area (Å²) in [7, 11) is -2.48. The second-order valence-corrected chi connectivity index (χ2v) is 10.7. The van der Waals surface area contributed by atoms with Gasteiger partial charge in [0.2, 0.25) is 0 Å². The van der Waals surface area contributed by atoms with Crippen molar-refractivity contribution in [3.63, 3.8) is 0 Å². The average molecular weight is 512 g/mol. The summed E-state index contributed by atoms with van der Waals surface area (Å²) in [6.07, 6.45) is 1.26. The Morgan fingerprint density at radius 3 is 2.53 bits per heavy atom. The largest absolute Gasteiger partial charge is 0.496 e. The van der Waals surface area contributed by atoms with Gasteiger partial charge in [0.05, 0.1) is 24.0 Å². The monoisotopic (exact) mass is 511 g/mol. The van der Waals surface area contributed by atoms with Gasteiger partial charge in [0.15, 0.2) is 5.82 Å². The van der Waals surface area contributed by atoms with Crippen molar-refractivity contribution >= 4 is 32.7 Å². The molecule has 2 aromatic heterocycles. The molecule has 36 heavy (non-hydrogen) atoms. The lowest BCUT2D eigenvalue weighted by molar-refractivity contribution is -0.153. The number of aromatic nitrogens is 2. The van der Waals surface area contributed by atoms with Crippen LogP contribution in [0.1, 0.15) is 26.3 Å². The molecular weight excluding hydrogens is 486 g/mol. The quantitative estimate of drug-likeness (QED) is 0.356. The SMILES string of the molecule is COc1ccc(CC(=O)OC(C)(C)C)cc1-c1cc2cc(S(=O)(=O)Nc3ccon3)ccc2[nH]c1=O. The Morgan fingerprint density at radius 2 is 1.86 bits per heavy atom. The first-order valence-corrected chi connectivity index (χ1v) is 12.4. The lowest BCUT2D eigenvalue weighted by atomic mass is 10.00. The molecule has 0 amide bonds. The highest BCUT2D eigenvalue weighted by atomic mass is 32.2. The molecule has 2 heterocycles. The number of H-pyrrole nitrogens is 1. The summed E-state index contributed by atoms with van der Waals surface area (Å²) >= 11 is 0. The number of sulfonamides is 1. The molecule has 0 spiro atoms. The first-order chi connectivity index (χ1) is 16.9. The summed E-state index contributed by atoms with van der Waals surface area (Å²) in [6.45, 7) is 5.36. The van der Waals surface area contributed by atoms with E-state index in [1.807, 2.05) is 0 Å². The predicted octanol–water partition coefficient (Wildman–Crippen LogP) is 3.88. The molecule has 0 atom stereocenters. The molecular formula is C25H25N3O7S. The third-order valence-corrected chi connectivity index (χ3v) is 6.48. The van der Waals surface area contributed by atoms with Crippen molar-refractivity contribution in [2.24, 2.45) is 0 Å². The third kappa shape index (κ3) is 5.57. The number of benzene rings is 2. The number of aromatic amines is 1. The van der Waals surface area contributed by atoms with Crippen LogP contribution in [0.3, 0.4) is 0 Å². The minimum atomic E-state index is -3.95. The molecule has 0 aliphatic carbocycles. The van der Waals surface area contributed by atoms with Crippen molar-refractivity contribution in [2.45, 2.75) is 37.7 Å². The second-order valence-electron chi connectivity index (χ2n) is 9.05. The number of carbonyl (C=O) groups excluding carboxylic acids is 1. The zero-order chi connectivity index (χ0) is 26.1. The minimum absolute atomic E-state index is 0.00978. The number of pyridine rings is 1. The molecule has 0 aliphatic rings. The fraction of sp³-hybridized carbons (Fsp3) is 0.240. The summed E-state index contributed by atoms with van der Waals surface area (Å²) in [6, 6.07) is 12.4. The van der Waals surface area contributed by atoms with Gasteiger partial charge in [0, 0.05) is 22.5 Å². The van der Waals surface area contributed by atoms with Gasteiger partial charge in [0.1, 0.15) is 17.6 Å². The number of nitrogens with zero attached hydrogens (tertiary/aromatic N) is 1. The molecule has 11 heteroatoms. The smallest absolute Gasteiger partial charge is 0.310 e. The molecule has 0 radical (unpaired) electrons. The van der Waals surface area contributed by atoms with Gasteiger partial charge >= 0.3 is 5.97 Å². The molecule has 2 aromatic carbocycles. The van der Waals surface area contributed by atoms with Crippen LogP contribution >= 0.6 is 0 Å². The Labute approximate surface area is 207 Å². The van der Waals surface area contributed by atoms with Crippen molar-refractivity contribution in [2.75, 3.05) is 11.8 Å². The zero-order valence-corrected chi connectivity index (χ0v) is 20.9. The van der Waals surface area contributed by atoms with E-state index in [-0.39, 0.29) is 22.7 Å². The normalized spacial score (nSPS) is 11.9. The van der Waals surface area contributed by atoms with Gasteiger partial charge in [-0.25, -0.2) is 8.42 Å². The minimum Gasteiger partial charge on any atom is -0.496 e. The molecule has 0 fully saturated rings. The zero-order valence-electron chi connectivity index (χ0n) is 20.1. The molecule has 0 aliphatic heterocycles. The number of esters is 1. The van der Waals surface area contributed by atoms with Crippen molar-refractivity contribution in [1.29, 1.82) is 0 Å². The van der Waals surface area contributed by atoms with Gasteiger partial charge in [0.25, 0.3) is 15.6 Å². The van der Waals surface area contributed by atoms with Crippen LogP contribution in [0.2, 0.25) is 0 Å². The highest BCUT2D eigenvalue weighted by Gasteiger charge is 2.20. The Balaban J connectivity index is 1.75. The number of ether oxygens (including phenoxy) is 2. The Morgan fingerprint density at radius 1 is 1.08 bits per heavy atom. The van der Waals surface area contributed by atoms with Gasteiger partial charge in [-0.2, -0.15) is 0 Å². The van der Waals surface area contributed by atoms with Gasteiger partial charge in [-0.05, 0) is 62.7 Å². The lowest BCUT2D eigenvalue weighted by Crippen LogP contribution is -2.24. The fourth-order valence-corrected chi connectivity index (χ4v) is 4.66. The molecule has 10 nitrogen and oxygen atoms in total. The van der Waals surface area contributed by atoms with Crippen LogP contribution in [0.4, 0.5) is 5.82 Å². The van der Waals surface area contributed by atoms with E-state index in [2.05, 4.69) is 19.4 Å². The number of hydrogen-bond donors (Lipinski definition) is 2. The maximum absolute atomic E-state index is 13.0. The van der Waals surface area contributed by atoms with Crippen LogP contribution in [-0.4, -0.2) is 37.2 Å². The highest BCUT2D eigenvalue weighted by Crippen LogP contribution is 2.31. The first-order valence-electron chi connectivity index (χ1n) is 10.9. The number of methoxy groups -OCH3 is 1. The molecule has 4 rings (SSSR count). The van der Waals surface area contributed by atoms with E-state index in [4.69, 9.17) is 9.47 Å². The lowest BCUT2D eigenvalue weighted by Gasteiger charge is -2.19. The number of hydrogen-bond acceptors (Lipinski definition) is 8. The van der Waals surface area contributed by atoms with Crippen LogP contribution < -0.4 is 15.0 Å². The van der Waals surface area contributed by atoms with Gasteiger partial charge < -0.3 is 19.0 Å². The molecule has 2 N–H and O–H groups in total. The van der Waals surface area contributed by atoms with E-state index >= 15 is 0 Å². The Kier molecular flexibility index (Phi) is 6.59. The molecule has 4 aromatic rings. The van der Waals surface area contributed by atoms with Crippen LogP contribution in [0.5, 0.6) is 5.75 Å². The van der Waals surface area contributed by atoms with Crippen LogP contribution in [0, 0.1) is 0 Å². The first kappa shape index (κ1) is 25.0. The number of carbonyl (C=O) groups is 1. The predicted molar refractivity (Wildman–Crippen MR) is 133 cm³/mol. The van der Waals surface area contributed by atoms with Crippen LogP contribution in [0.15, 0.2) is 69.0 Å². The van der Waals surface area contributed by atoms with Crippen molar-refractivity contribution in [3.05, 3.63) is 70.7 Å². The van der Waals surface area contributed by atoms with Crippen molar-refractivity contribution < 1.29 is 27.2 Å². The standard InChI is InChI=1S/C25H25N3O7S/c1-25(2,3)35-23(29)12-15-5-8-21(33-4)18(11-15)19-14-16-13-17(6-7-20(16)26-24(19)30)36(31,32)28-22-9-10-34-27-22/h5-11,13-14H,12H2,1-4H3,(H,26,30)(H,27,28). The summed E-state index contributed by atoms with van der Waals surface area (Å²) < 4.78 is 43.4. The van der Waals surface area contributed by atoms with Gasteiger partial charge in [-0.1, -0.05) is 11.2 Å². The Bertz CT molecular complexity index is 1580. The van der Waals surface area contributed by atoms with E-state index in [9.17, 15) is 18.0 Å². The summed E-state index contributed by atoms with van der Waals surface area (Å²) in [4.78, 5) is 28.0. The van der Waals surface area contributed by atoms with Crippen LogP contribution in [-0.2, 0) is 26.0 Å².